The molecule has 6 heteroatoms. The molecule has 0 aromatic heterocycles. The second-order valence-corrected chi connectivity index (χ2v) is 8.15. The third-order valence-electron chi connectivity index (χ3n) is 4.08. The van der Waals surface area contributed by atoms with Crippen LogP contribution in [0, 0.1) is 18.3 Å². The Balaban J connectivity index is 2.23. The molecule has 1 atom stereocenters. The number of thioether (sulfide) groups is 1. The minimum Gasteiger partial charge on any atom is -0.491 e. The molecule has 0 radical (unpaired) electrons. The van der Waals surface area contributed by atoms with E-state index in [2.05, 4.69) is 12.8 Å². The fourth-order valence-electron chi connectivity index (χ4n) is 2.46. The van der Waals surface area contributed by atoms with Gasteiger partial charge in [0.15, 0.2) is 0 Å². The second kappa shape index (κ2) is 16.3. The van der Waals surface area contributed by atoms with Gasteiger partial charge in [0.2, 0.25) is 0 Å². The van der Waals surface area contributed by atoms with E-state index in [9.17, 15) is 4.79 Å². The second-order valence-electron chi connectivity index (χ2n) is 6.67. The van der Waals surface area contributed by atoms with Crippen molar-refractivity contribution in [3.8, 4) is 18.1 Å². The van der Waals surface area contributed by atoms with Crippen LogP contribution >= 0.6 is 11.8 Å². The van der Waals surface area contributed by atoms with E-state index in [1.807, 2.05) is 49.9 Å². The summed E-state index contributed by atoms with van der Waals surface area (Å²) in [4.78, 5) is 12.1. The molecule has 1 unspecified atom stereocenters. The van der Waals surface area contributed by atoms with Crippen molar-refractivity contribution in [3.05, 3.63) is 29.8 Å². The lowest BCUT2D eigenvalue weighted by atomic mass is 10.0. The van der Waals surface area contributed by atoms with Crippen molar-refractivity contribution in [2.75, 3.05) is 52.0 Å². The molecule has 0 bridgehead atoms. The highest BCUT2D eigenvalue weighted by Gasteiger charge is 2.18. The molecule has 0 aliphatic heterocycles. The maximum atomic E-state index is 12.1. The summed E-state index contributed by atoms with van der Waals surface area (Å²) < 4.78 is 21.7. The van der Waals surface area contributed by atoms with E-state index in [-0.39, 0.29) is 11.2 Å². The summed E-state index contributed by atoms with van der Waals surface area (Å²) in [7, 11) is 0. The van der Waals surface area contributed by atoms with Crippen molar-refractivity contribution in [1.29, 1.82) is 0 Å². The zero-order valence-electron chi connectivity index (χ0n) is 17.9. The molecule has 0 saturated carbocycles. The van der Waals surface area contributed by atoms with E-state index < -0.39 is 0 Å². The van der Waals surface area contributed by atoms with Gasteiger partial charge in [0, 0.05) is 17.6 Å². The lowest BCUT2D eigenvalue weighted by molar-refractivity contribution is -0.121. The number of hydrogen-bond donors (Lipinski definition) is 0. The van der Waals surface area contributed by atoms with E-state index in [4.69, 9.17) is 25.4 Å². The van der Waals surface area contributed by atoms with Gasteiger partial charge >= 0.3 is 0 Å². The predicted octanol–water partition coefficient (Wildman–Crippen LogP) is 4.16. The van der Waals surface area contributed by atoms with Gasteiger partial charge in [0.05, 0.1) is 33.0 Å². The van der Waals surface area contributed by atoms with Gasteiger partial charge in [0.1, 0.15) is 24.7 Å². The average Bonchev–Trinajstić information content (AvgIpc) is 2.72. The van der Waals surface area contributed by atoms with Gasteiger partial charge < -0.3 is 18.9 Å². The fraction of sp³-hybridized carbons (Fsp3) is 0.609. The fourth-order valence-corrected chi connectivity index (χ4v) is 3.49. The monoisotopic (exact) mass is 422 g/mol. The predicted molar refractivity (Wildman–Crippen MR) is 119 cm³/mol. The lowest BCUT2D eigenvalue weighted by Gasteiger charge is -2.17. The summed E-state index contributed by atoms with van der Waals surface area (Å²) in [6.07, 6.45) is 5.65. The van der Waals surface area contributed by atoms with Gasteiger partial charge in [-0.2, -0.15) is 11.8 Å². The first kappa shape index (κ1) is 25.5. The van der Waals surface area contributed by atoms with Gasteiger partial charge in [0.25, 0.3) is 0 Å². The average molecular weight is 423 g/mol. The molecule has 1 rings (SSSR count). The first-order valence-corrected chi connectivity index (χ1v) is 11.2. The largest absolute Gasteiger partial charge is 0.491 e. The summed E-state index contributed by atoms with van der Waals surface area (Å²) in [5.74, 6) is 4.56. The molecule has 1 aromatic carbocycles. The van der Waals surface area contributed by atoms with Crippen LogP contribution in [0.15, 0.2) is 24.3 Å². The topological polar surface area (TPSA) is 54.0 Å². The number of rotatable bonds is 17. The van der Waals surface area contributed by atoms with E-state index in [1.165, 1.54) is 0 Å². The molecule has 162 valence electrons. The smallest absolute Gasteiger partial charge is 0.136 e. The third kappa shape index (κ3) is 11.9. The number of ketones is 1. The maximum absolute atomic E-state index is 12.1. The quantitative estimate of drug-likeness (QED) is 0.278. The zero-order chi connectivity index (χ0) is 21.3. The van der Waals surface area contributed by atoms with Crippen LogP contribution < -0.4 is 4.74 Å². The van der Waals surface area contributed by atoms with Crippen LogP contribution in [-0.4, -0.2) is 57.8 Å². The van der Waals surface area contributed by atoms with Crippen molar-refractivity contribution >= 4 is 17.5 Å². The first-order chi connectivity index (χ1) is 14.1. The number of carbonyl (C=O) groups is 1. The third-order valence-corrected chi connectivity index (χ3v) is 5.25. The van der Waals surface area contributed by atoms with Crippen LogP contribution in [0.3, 0.4) is 0 Å². The van der Waals surface area contributed by atoms with Gasteiger partial charge in [-0.1, -0.05) is 38.8 Å². The Kier molecular flexibility index (Phi) is 14.3. The van der Waals surface area contributed by atoms with Gasteiger partial charge in [-0.25, -0.2) is 0 Å². The molecule has 1 aromatic rings. The van der Waals surface area contributed by atoms with E-state index in [1.54, 1.807) is 0 Å². The Morgan fingerprint density at radius 2 is 1.59 bits per heavy atom. The summed E-state index contributed by atoms with van der Waals surface area (Å²) in [6.45, 7) is 9.34. The van der Waals surface area contributed by atoms with Crippen LogP contribution in [0.2, 0.25) is 0 Å². The van der Waals surface area contributed by atoms with E-state index >= 15 is 0 Å². The van der Waals surface area contributed by atoms with Gasteiger partial charge in [-0.3, -0.25) is 4.79 Å². The van der Waals surface area contributed by atoms with Crippen molar-refractivity contribution in [3.63, 3.8) is 0 Å². The SMILES string of the molecule is C#CCOCCOCCOCCOc1ccc(C(CC(=O)C(C)C)SCC)cc1. The Bertz CT molecular complexity index is 594. The molecule has 0 fully saturated rings. The number of Topliss-reactive ketones (excluding diaryl/α,β-unsaturated/α-hetero) is 1. The molecule has 0 aliphatic rings. The standard InChI is InChI=1S/C23H34O5S/c1-5-11-25-12-13-26-14-15-27-16-17-28-21-9-7-20(8-10-21)23(29-6-2)18-22(24)19(3)4/h1,7-10,19,23H,6,11-18H2,2-4H3. The molecular formula is C23H34O5S. The van der Waals surface area contributed by atoms with Crippen molar-refractivity contribution in [2.24, 2.45) is 5.92 Å². The molecule has 0 N–H and O–H groups in total. The minimum atomic E-state index is 0.0738. The Morgan fingerprint density at radius 3 is 2.14 bits per heavy atom. The van der Waals surface area contributed by atoms with Crippen LogP contribution in [-0.2, 0) is 19.0 Å². The molecule has 5 nitrogen and oxygen atoms in total. The molecule has 0 spiro atoms. The number of hydrogen-bond acceptors (Lipinski definition) is 6. The van der Waals surface area contributed by atoms with Crippen LogP contribution in [0.1, 0.15) is 38.0 Å². The summed E-state index contributed by atoms with van der Waals surface area (Å²) in [5, 5.41) is 0.198. The molecule has 0 saturated heterocycles. The highest BCUT2D eigenvalue weighted by atomic mass is 32.2. The number of benzene rings is 1. The Labute approximate surface area is 179 Å². The Hall–Kier alpha value is -1.52. The molecule has 0 amide bonds. The number of carbonyl (C=O) groups excluding carboxylic acids is 1. The van der Waals surface area contributed by atoms with Crippen LogP contribution in [0.4, 0.5) is 0 Å². The molecule has 0 heterocycles. The summed E-state index contributed by atoms with van der Waals surface area (Å²) in [6, 6.07) is 8.01. The molecule has 0 aliphatic carbocycles. The van der Waals surface area contributed by atoms with E-state index in [0.717, 1.165) is 17.1 Å². The van der Waals surface area contributed by atoms with Crippen LogP contribution in [0.25, 0.3) is 0 Å². The normalized spacial score (nSPS) is 12.0. The van der Waals surface area contributed by atoms with Crippen molar-refractivity contribution in [2.45, 2.75) is 32.4 Å². The van der Waals surface area contributed by atoms with E-state index in [0.29, 0.717) is 58.5 Å². The Morgan fingerprint density at radius 1 is 1.00 bits per heavy atom. The van der Waals surface area contributed by atoms with Crippen molar-refractivity contribution in [1.82, 2.24) is 0 Å². The lowest BCUT2D eigenvalue weighted by Crippen LogP contribution is -2.13. The summed E-state index contributed by atoms with van der Waals surface area (Å²) in [5.41, 5.74) is 1.16. The number of terminal acetylenes is 1. The van der Waals surface area contributed by atoms with Crippen LogP contribution in [0.5, 0.6) is 5.75 Å². The highest BCUT2D eigenvalue weighted by Crippen LogP contribution is 2.33. The van der Waals surface area contributed by atoms with Gasteiger partial charge in [-0.15, -0.1) is 6.42 Å². The van der Waals surface area contributed by atoms with Gasteiger partial charge in [-0.05, 0) is 23.4 Å². The summed E-state index contributed by atoms with van der Waals surface area (Å²) >= 11 is 1.81. The number of ether oxygens (including phenoxy) is 4. The maximum Gasteiger partial charge on any atom is 0.136 e. The van der Waals surface area contributed by atoms with Crippen molar-refractivity contribution < 1.29 is 23.7 Å². The highest BCUT2D eigenvalue weighted by molar-refractivity contribution is 7.99. The minimum absolute atomic E-state index is 0.0738. The first-order valence-electron chi connectivity index (χ1n) is 10.1. The zero-order valence-corrected chi connectivity index (χ0v) is 18.7. The molecule has 29 heavy (non-hydrogen) atoms. The molecular weight excluding hydrogens is 388 g/mol.